The van der Waals surface area contributed by atoms with Gasteiger partial charge in [-0.25, -0.2) is 4.89 Å². The van der Waals surface area contributed by atoms with Gasteiger partial charge in [-0.15, -0.1) is 0 Å². The minimum atomic E-state index is -0.550. The maximum atomic E-state index is 9.36. The number of aliphatic hydroxyl groups excluding tert-OH is 1. The van der Waals surface area contributed by atoms with Gasteiger partial charge in [0, 0.05) is 12.8 Å². The van der Waals surface area contributed by atoms with E-state index in [2.05, 4.69) is 4.89 Å². The summed E-state index contributed by atoms with van der Waals surface area (Å²) in [6, 6.07) is 0. The van der Waals surface area contributed by atoms with Gasteiger partial charge in [0.15, 0.2) is 0 Å². The summed E-state index contributed by atoms with van der Waals surface area (Å²) in [5.74, 6) is 0. The third-order valence-corrected chi connectivity index (χ3v) is 3.36. The molecule has 68 valence electrons. The summed E-state index contributed by atoms with van der Waals surface area (Å²) in [5, 5.41) is 18.0. The van der Waals surface area contributed by atoms with Crippen molar-refractivity contribution in [3.63, 3.8) is 0 Å². The fourth-order valence-corrected chi connectivity index (χ4v) is 2.29. The van der Waals surface area contributed by atoms with Crippen molar-refractivity contribution in [2.75, 3.05) is 0 Å². The third kappa shape index (κ3) is 0.713. The van der Waals surface area contributed by atoms with Gasteiger partial charge in [-0.3, -0.25) is 5.26 Å². The molecule has 0 aromatic rings. The zero-order chi connectivity index (χ0) is 8.40. The van der Waals surface area contributed by atoms with Gasteiger partial charge >= 0.3 is 0 Å². The molecule has 0 radical (unpaired) electrons. The standard InChI is InChI=1S/C8H12O4/c9-5-3-8(5)6(11-10)4-7(12-8)1-2-7/h5-6,9-10H,1-4H2/t5?,6-,8?/m0/s1. The molecule has 1 aliphatic heterocycles. The molecule has 3 aliphatic rings. The molecule has 0 aromatic heterocycles. The fourth-order valence-electron chi connectivity index (χ4n) is 2.29. The lowest BCUT2D eigenvalue weighted by Gasteiger charge is -2.13. The van der Waals surface area contributed by atoms with Gasteiger partial charge in [-0.1, -0.05) is 0 Å². The van der Waals surface area contributed by atoms with Crippen LogP contribution in [-0.2, 0) is 9.62 Å². The smallest absolute Gasteiger partial charge is 0.127 e. The van der Waals surface area contributed by atoms with Gasteiger partial charge < -0.3 is 9.84 Å². The highest BCUT2D eigenvalue weighted by atomic mass is 17.1. The van der Waals surface area contributed by atoms with E-state index in [1.165, 1.54) is 0 Å². The van der Waals surface area contributed by atoms with Crippen molar-refractivity contribution >= 4 is 0 Å². The zero-order valence-electron chi connectivity index (χ0n) is 6.69. The minimum absolute atomic E-state index is 0.0507. The molecule has 12 heavy (non-hydrogen) atoms. The van der Waals surface area contributed by atoms with Crippen LogP contribution in [0.1, 0.15) is 25.7 Å². The molecule has 3 atom stereocenters. The van der Waals surface area contributed by atoms with E-state index in [9.17, 15) is 5.11 Å². The Morgan fingerprint density at radius 2 is 2.00 bits per heavy atom. The van der Waals surface area contributed by atoms with Crippen molar-refractivity contribution in [2.45, 2.75) is 49.1 Å². The first-order valence-electron chi connectivity index (χ1n) is 4.39. The zero-order valence-corrected chi connectivity index (χ0v) is 6.69. The molecule has 2 spiro atoms. The Kier molecular flexibility index (Phi) is 1.12. The molecule has 2 aliphatic carbocycles. The Morgan fingerprint density at radius 3 is 2.33 bits per heavy atom. The van der Waals surface area contributed by atoms with Crippen LogP contribution in [0.4, 0.5) is 0 Å². The first-order chi connectivity index (χ1) is 5.71. The summed E-state index contributed by atoms with van der Waals surface area (Å²) in [6.07, 6.45) is 2.69. The molecule has 0 bridgehead atoms. The average molecular weight is 172 g/mol. The molecule has 0 aromatic carbocycles. The highest BCUT2D eigenvalue weighted by molar-refractivity contribution is 5.21. The van der Waals surface area contributed by atoms with E-state index in [1.54, 1.807) is 0 Å². The maximum absolute atomic E-state index is 9.36. The van der Waals surface area contributed by atoms with Crippen LogP contribution in [0.2, 0.25) is 0 Å². The molecule has 0 amide bonds. The molecule has 2 N–H and O–H groups in total. The molecule has 1 heterocycles. The Hall–Kier alpha value is -0.160. The monoisotopic (exact) mass is 172 g/mol. The predicted octanol–water partition coefficient (Wildman–Crippen LogP) is 0.301. The van der Waals surface area contributed by atoms with Crippen LogP contribution in [0, 0.1) is 0 Å². The summed E-state index contributed by atoms with van der Waals surface area (Å²) in [4.78, 5) is 4.35. The van der Waals surface area contributed by atoms with Crippen LogP contribution >= 0.6 is 0 Å². The van der Waals surface area contributed by atoms with E-state index >= 15 is 0 Å². The first kappa shape index (κ1) is 7.26. The largest absolute Gasteiger partial charge is 0.390 e. The predicted molar refractivity (Wildman–Crippen MR) is 38.5 cm³/mol. The van der Waals surface area contributed by atoms with Gasteiger partial charge in [-0.2, -0.15) is 0 Å². The van der Waals surface area contributed by atoms with E-state index < -0.39 is 11.7 Å². The van der Waals surface area contributed by atoms with E-state index in [0.717, 1.165) is 19.3 Å². The topological polar surface area (TPSA) is 58.9 Å². The molecule has 2 unspecified atom stereocenters. The normalized spacial score (nSPS) is 53.5. The average Bonchev–Trinajstić information content (AvgIpc) is 2.85. The summed E-state index contributed by atoms with van der Waals surface area (Å²) < 4.78 is 5.74. The van der Waals surface area contributed by atoms with Crippen LogP contribution in [-0.4, -0.2) is 33.8 Å². The van der Waals surface area contributed by atoms with Crippen molar-refractivity contribution in [1.82, 2.24) is 0 Å². The highest BCUT2D eigenvalue weighted by Crippen LogP contribution is 2.62. The Bertz CT molecular complexity index is 225. The Labute approximate surface area is 70.0 Å². The highest BCUT2D eigenvalue weighted by Gasteiger charge is 2.72. The summed E-state index contributed by atoms with van der Waals surface area (Å²) >= 11 is 0. The quantitative estimate of drug-likeness (QED) is 0.441. The minimum Gasteiger partial charge on any atom is -0.390 e. The van der Waals surface area contributed by atoms with Crippen LogP contribution in [0.25, 0.3) is 0 Å². The van der Waals surface area contributed by atoms with Crippen molar-refractivity contribution in [2.24, 2.45) is 0 Å². The fraction of sp³-hybridized carbons (Fsp3) is 1.00. The number of aliphatic hydroxyl groups is 1. The molecule has 2 saturated carbocycles. The second-order valence-electron chi connectivity index (χ2n) is 4.26. The number of hydrogen-bond donors (Lipinski definition) is 2. The first-order valence-corrected chi connectivity index (χ1v) is 4.39. The van der Waals surface area contributed by atoms with Gasteiger partial charge in [0.25, 0.3) is 0 Å². The Morgan fingerprint density at radius 1 is 1.33 bits per heavy atom. The van der Waals surface area contributed by atoms with Crippen molar-refractivity contribution < 1.29 is 20.0 Å². The third-order valence-electron chi connectivity index (χ3n) is 3.36. The van der Waals surface area contributed by atoms with E-state index in [0.29, 0.717) is 6.42 Å². The number of ether oxygens (including phenoxy) is 1. The molecule has 4 heteroatoms. The van der Waals surface area contributed by atoms with Crippen molar-refractivity contribution in [3.05, 3.63) is 0 Å². The summed E-state index contributed by atoms with van der Waals surface area (Å²) in [5.41, 5.74) is -0.601. The second-order valence-corrected chi connectivity index (χ2v) is 4.26. The molecule has 4 nitrogen and oxygen atoms in total. The van der Waals surface area contributed by atoms with Crippen molar-refractivity contribution in [1.29, 1.82) is 0 Å². The van der Waals surface area contributed by atoms with Crippen LogP contribution < -0.4 is 0 Å². The van der Waals surface area contributed by atoms with Crippen LogP contribution in [0.5, 0.6) is 0 Å². The van der Waals surface area contributed by atoms with E-state index in [4.69, 9.17) is 9.99 Å². The molecule has 3 rings (SSSR count). The van der Waals surface area contributed by atoms with E-state index in [-0.39, 0.29) is 11.7 Å². The Balaban J connectivity index is 1.85. The van der Waals surface area contributed by atoms with Crippen LogP contribution in [0.15, 0.2) is 0 Å². The van der Waals surface area contributed by atoms with Crippen LogP contribution in [0.3, 0.4) is 0 Å². The molecular formula is C8H12O4. The maximum Gasteiger partial charge on any atom is 0.127 e. The van der Waals surface area contributed by atoms with Gasteiger partial charge in [0.1, 0.15) is 11.7 Å². The van der Waals surface area contributed by atoms with Gasteiger partial charge in [0.2, 0.25) is 0 Å². The molecule has 3 fully saturated rings. The second kappa shape index (κ2) is 1.85. The summed E-state index contributed by atoms with van der Waals surface area (Å²) in [7, 11) is 0. The van der Waals surface area contributed by atoms with Gasteiger partial charge in [0.05, 0.1) is 11.7 Å². The number of rotatable bonds is 1. The lowest BCUT2D eigenvalue weighted by Crippen LogP contribution is -2.29. The number of hydrogen-bond acceptors (Lipinski definition) is 4. The lowest BCUT2D eigenvalue weighted by molar-refractivity contribution is -0.292. The lowest BCUT2D eigenvalue weighted by atomic mass is 10.1. The SMILES string of the molecule is OO[C@H]1CC2(CC2)OC12CC2O. The molecular weight excluding hydrogens is 160 g/mol. The van der Waals surface area contributed by atoms with E-state index in [1.807, 2.05) is 0 Å². The molecule has 1 saturated heterocycles. The van der Waals surface area contributed by atoms with Gasteiger partial charge in [-0.05, 0) is 12.8 Å². The summed E-state index contributed by atoms with van der Waals surface area (Å²) in [6.45, 7) is 0. The van der Waals surface area contributed by atoms with Crippen molar-refractivity contribution in [3.8, 4) is 0 Å².